The monoisotopic (exact) mass is 501 g/mol. The third-order valence-electron chi connectivity index (χ3n) is 5.99. The number of rotatable bonds is 7. The molecule has 7 nitrogen and oxygen atoms in total. The summed E-state index contributed by atoms with van der Waals surface area (Å²) in [5, 5.41) is 2.81. The first-order valence-electron chi connectivity index (χ1n) is 11.3. The first-order chi connectivity index (χ1) is 16.8. The quantitative estimate of drug-likeness (QED) is 0.473. The predicted molar refractivity (Wildman–Crippen MR) is 130 cm³/mol. The largest absolute Gasteiger partial charge is 0.475 e. The summed E-state index contributed by atoms with van der Waals surface area (Å²) in [6, 6.07) is 9.17. The standard InChI is InChI=1S/C25H26ClF2N5O2/c1-33-11-8-17(9-12-33)31-24(34)16-4-2-15(3-5-16)21-14-30-23(29)25(32-21)35-13-10-18-19(27)6-7-20(28)22(18)26/h2-7,14,17H,8-13H2,1H3,(H2,29,30)(H,31,34). The van der Waals surface area contributed by atoms with Crippen LogP contribution in [0.5, 0.6) is 5.88 Å². The minimum atomic E-state index is -0.701. The van der Waals surface area contributed by atoms with Crippen molar-refractivity contribution in [1.29, 1.82) is 0 Å². The van der Waals surface area contributed by atoms with Gasteiger partial charge in [-0.1, -0.05) is 23.7 Å². The Morgan fingerprint density at radius 2 is 1.86 bits per heavy atom. The normalized spacial score (nSPS) is 14.6. The average molecular weight is 502 g/mol. The lowest BCUT2D eigenvalue weighted by molar-refractivity contribution is 0.0917. The van der Waals surface area contributed by atoms with Crippen LogP contribution in [0.4, 0.5) is 14.6 Å². The highest BCUT2D eigenvalue weighted by Crippen LogP contribution is 2.26. The molecular weight excluding hydrogens is 476 g/mol. The van der Waals surface area contributed by atoms with Crippen LogP contribution in [0.25, 0.3) is 11.3 Å². The van der Waals surface area contributed by atoms with Crippen molar-refractivity contribution in [3.05, 3.63) is 70.4 Å². The molecule has 0 saturated carbocycles. The topological polar surface area (TPSA) is 93.4 Å². The van der Waals surface area contributed by atoms with Gasteiger partial charge in [0.1, 0.15) is 11.6 Å². The summed E-state index contributed by atoms with van der Waals surface area (Å²) in [4.78, 5) is 23.4. The Kier molecular flexibility index (Phi) is 7.77. The van der Waals surface area contributed by atoms with Crippen molar-refractivity contribution >= 4 is 23.3 Å². The summed E-state index contributed by atoms with van der Waals surface area (Å²) in [6.45, 7) is 1.90. The molecule has 1 amide bonds. The summed E-state index contributed by atoms with van der Waals surface area (Å²) in [5.74, 6) is -1.30. The molecule has 0 aliphatic carbocycles. The maximum atomic E-state index is 14.0. The van der Waals surface area contributed by atoms with Crippen LogP contribution in [0.15, 0.2) is 42.6 Å². The number of likely N-dealkylation sites (tertiary alicyclic amines) is 1. The van der Waals surface area contributed by atoms with Crippen LogP contribution in [0.1, 0.15) is 28.8 Å². The van der Waals surface area contributed by atoms with E-state index < -0.39 is 11.6 Å². The molecule has 3 N–H and O–H groups in total. The summed E-state index contributed by atoms with van der Waals surface area (Å²) in [7, 11) is 2.08. The van der Waals surface area contributed by atoms with Crippen molar-refractivity contribution < 1.29 is 18.3 Å². The van der Waals surface area contributed by atoms with Crippen molar-refractivity contribution in [3.8, 4) is 17.1 Å². The third-order valence-corrected chi connectivity index (χ3v) is 6.40. The number of amides is 1. The molecule has 1 aliphatic heterocycles. The number of carbonyl (C=O) groups excluding carboxylic acids is 1. The minimum Gasteiger partial charge on any atom is -0.475 e. The molecule has 0 radical (unpaired) electrons. The molecule has 2 aromatic carbocycles. The van der Waals surface area contributed by atoms with Gasteiger partial charge in [-0.2, -0.15) is 0 Å². The number of nitrogens with one attached hydrogen (secondary N) is 1. The first-order valence-corrected chi connectivity index (χ1v) is 11.7. The van der Waals surface area contributed by atoms with E-state index in [1.807, 2.05) is 0 Å². The average Bonchev–Trinajstić information content (AvgIpc) is 2.86. The van der Waals surface area contributed by atoms with Crippen molar-refractivity contribution in [2.24, 2.45) is 0 Å². The van der Waals surface area contributed by atoms with Gasteiger partial charge >= 0.3 is 0 Å². The van der Waals surface area contributed by atoms with E-state index in [-0.39, 0.29) is 47.3 Å². The fourth-order valence-corrected chi connectivity index (χ4v) is 4.14. The van der Waals surface area contributed by atoms with E-state index in [1.54, 1.807) is 24.3 Å². The van der Waals surface area contributed by atoms with Gasteiger partial charge < -0.3 is 20.7 Å². The van der Waals surface area contributed by atoms with Crippen LogP contribution in [-0.4, -0.2) is 53.6 Å². The maximum Gasteiger partial charge on any atom is 0.257 e. The lowest BCUT2D eigenvalue weighted by Gasteiger charge is -2.29. The Balaban J connectivity index is 1.40. The maximum absolute atomic E-state index is 14.0. The van der Waals surface area contributed by atoms with E-state index in [9.17, 15) is 13.6 Å². The van der Waals surface area contributed by atoms with E-state index in [0.717, 1.165) is 43.6 Å². The van der Waals surface area contributed by atoms with Crippen LogP contribution in [0.2, 0.25) is 5.02 Å². The van der Waals surface area contributed by atoms with Crippen LogP contribution in [0.3, 0.4) is 0 Å². The Bertz CT molecular complexity index is 1200. The Morgan fingerprint density at radius 3 is 2.57 bits per heavy atom. The van der Waals surface area contributed by atoms with Crippen molar-refractivity contribution in [2.75, 3.05) is 32.5 Å². The fourth-order valence-electron chi connectivity index (χ4n) is 3.89. The second-order valence-electron chi connectivity index (χ2n) is 8.49. The molecule has 0 unspecified atom stereocenters. The lowest BCUT2D eigenvalue weighted by Crippen LogP contribution is -2.43. The molecule has 3 aromatic rings. The molecule has 1 saturated heterocycles. The highest BCUT2D eigenvalue weighted by molar-refractivity contribution is 6.31. The number of hydrogen-bond donors (Lipinski definition) is 2. The van der Waals surface area contributed by atoms with E-state index in [1.165, 1.54) is 6.20 Å². The smallest absolute Gasteiger partial charge is 0.257 e. The third kappa shape index (κ3) is 6.04. The number of benzene rings is 2. The highest BCUT2D eigenvalue weighted by Gasteiger charge is 2.19. The second kappa shape index (κ2) is 11.0. The number of nitrogens with zero attached hydrogens (tertiary/aromatic N) is 3. The van der Waals surface area contributed by atoms with Crippen LogP contribution in [0, 0.1) is 11.6 Å². The van der Waals surface area contributed by atoms with Crippen LogP contribution in [-0.2, 0) is 6.42 Å². The van der Waals surface area contributed by atoms with Crippen molar-refractivity contribution in [1.82, 2.24) is 20.2 Å². The van der Waals surface area contributed by atoms with Gasteiger partial charge in [-0.25, -0.2) is 18.7 Å². The van der Waals surface area contributed by atoms with Gasteiger partial charge in [0.2, 0.25) is 0 Å². The molecule has 2 heterocycles. The number of nitrogens with two attached hydrogens (primary N) is 1. The number of piperidine rings is 1. The van der Waals surface area contributed by atoms with E-state index in [2.05, 4.69) is 27.2 Å². The molecule has 0 spiro atoms. The zero-order valence-electron chi connectivity index (χ0n) is 19.2. The Hall–Kier alpha value is -3.30. The van der Waals surface area contributed by atoms with Gasteiger partial charge in [0, 0.05) is 29.2 Å². The van der Waals surface area contributed by atoms with E-state index >= 15 is 0 Å². The molecule has 35 heavy (non-hydrogen) atoms. The summed E-state index contributed by atoms with van der Waals surface area (Å²) >= 11 is 5.86. The summed E-state index contributed by atoms with van der Waals surface area (Å²) in [6.07, 6.45) is 3.39. The predicted octanol–water partition coefficient (Wildman–Crippen LogP) is 4.10. The van der Waals surface area contributed by atoms with Crippen molar-refractivity contribution in [2.45, 2.75) is 25.3 Å². The number of nitrogen functional groups attached to an aromatic ring is 1. The number of carbonyl (C=O) groups is 1. The fraction of sp³-hybridized carbons (Fsp3) is 0.320. The van der Waals surface area contributed by atoms with Gasteiger partial charge in [0.15, 0.2) is 5.82 Å². The van der Waals surface area contributed by atoms with Gasteiger partial charge in [-0.3, -0.25) is 4.79 Å². The molecule has 10 heteroatoms. The Labute approximate surface area is 207 Å². The highest BCUT2D eigenvalue weighted by atomic mass is 35.5. The van der Waals surface area contributed by atoms with Gasteiger partial charge in [0.25, 0.3) is 11.8 Å². The van der Waals surface area contributed by atoms with Gasteiger partial charge in [0.05, 0.1) is 23.5 Å². The zero-order chi connectivity index (χ0) is 24.9. The summed E-state index contributed by atoms with van der Waals surface area (Å²) in [5.41, 5.74) is 7.66. The molecule has 1 aromatic heterocycles. The molecule has 1 fully saturated rings. The number of halogens is 3. The SMILES string of the molecule is CN1CCC(NC(=O)c2ccc(-c3cnc(N)c(OCCc4c(F)ccc(F)c4Cl)n3)cc2)CC1. The molecule has 184 valence electrons. The number of anilines is 1. The molecule has 1 aliphatic rings. The first kappa shape index (κ1) is 24.8. The van der Waals surface area contributed by atoms with E-state index in [4.69, 9.17) is 22.1 Å². The second-order valence-corrected chi connectivity index (χ2v) is 8.87. The van der Waals surface area contributed by atoms with Crippen LogP contribution < -0.4 is 15.8 Å². The molecule has 0 atom stereocenters. The van der Waals surface area contributed by atoms with Crippen molar-refractivity contribution in [3.63, 3.8) is 0 Å². The molecule has 0 bridgehead atoms. The molecule has 4 rings (SSSR count). The summed E-state index contributed by atoms with van der Waals surface area (Å²) < 4.78 is 33.2. The number of ether oxygens (including phenoxy) is 1. The Morgan fingerprint density at radius 1 is 1.17 bits per heavy atom. The van der Waals surface area contributed by atoms with Crippen LogP contribution >= 0.6 is 11.6 Å². The van der Waals surface area contributed by atoms with Gasteiger partial charge in [-0.05, 0) is 57.2 Å². The zero-order valence-corrected chi connectivity index (χ0v) is 20.0. The minimum absolute atomic E-state index is 0.0171. The molecular formula is C25H26ClF2N5O2. The van der Waals surface area contributed by atoms with E-state index in [0.29, 0.717) is 11.3 Å². The lowest BCUT2D eigenvalue weighted by atomic mass is 10.0. The number of aromatic nitrogens is 2. The van der Waals surface area contributed by atoms with Gasteiger partial charge in [-0.15, -0.1) is 0 Å². The number of hydrogen-bond acceptors (Lipinski definition) is 6.